The average molecular weight is 226 g/mol. The molecule has 3 rings (SSSR count). The lowest BCUT2D eigenvalue weighted by Gasteiger charge is -1.97. The molecule has 17 heavy (non-hydrogen) atoms. The van der Waals surface area contributed by atoms with Gasteiger partial charge in [-0.25, -0.2) is 4.98 Å². The molecular formula is C13H10N2O2. The molecule has 0 bridgehead atoms. The van der Waals surface area contributed by atoms with Gasteiger partial charge in [-0.15, -0.1) is 0 Å². The smallest absolute Gasteiger partial charge is 0.258 e. The normalized spacial score (nSPS) is 10.6. The maximum absolute atomic E-state index is 5.75. The number of fused-ring (bicyclic) bond motifs is 1. The standard InChI is InChI=1S/C13H10N2O2/c1-16-13-12-9(4-6-15-13)7-11(17-12)10-3-2-5-14-8-10/h2-8H,1H3. The third kappa shape index (κ3) is 1.63. The molecular weight excluding hydrogens is 216 g/mol. The summed E-state index contributed by atoms with van der Waals surface area (Å²) >= 11 is 0. The number of furan rings is 1. The number of methoxy groups -OCH3 is 1. The summed E-state index contributed by atoms with van der Waals surface area (Å²) in [5, 5.41) is 0.968. The Balaban J connectivity index is 2.20. The number of hydrogen-bond donors (Lipinski definition) is 0. The van der Waals surface area contributed by atoms with Crippen LogP contribution in [0.4, 0.5) is 0 Å². The van der Waals surface area contributed by atoms with Gasteiger partial charge in [0.25, 0.3) is 5.88 Å². The van der Waals surface area contributed by atoms with Crippen LogP contribution < -0.4 is 4.74 Å². The van der Waals surface area contributed by atoms with Gasteiger partial charge < -0.3 is 9.15 Å². The van der Waals surface area contributed by atoms with Crippen molar-refractivity contribution in [1.29, 1.82) is 0 Å². The van der Waals surface area contributed by atoms with Gasteiger partial charge in [-0.2, -0.15) is 0 Å². The summed E-state index contributed by atoms with van der Waals surface area (Å²) in [4.78, 5) is 8.17. The lowest BCUT2D eigenvalue weighted by molar-refractivity contribution is 0.394. The first-order valence-corrected chi connectivity index (χ1v) is 5.21. The molecule has 0 aliphatic rings. The van der Waals surface area contributed by atoms with E-state index in [1.165, 1.54) is 0 Å². The van der Waals surface area contributed by atoms with Gasteiger partial charge in [-0.1, -0.05) is 0 Å². The predicted molar refractivity (Wildman–Crippen MR) is 63.8 cm³/mol. The fourth-order valence-corrected chi connectivity index (χ4v) is 1.74. The summed E-state index contributed by atoms with van der Waals surface area (Å²) in [6, 6.07) is 7.67. The molecule has 4 heteroatoms. The Morgan fingerprint density at radius 1 is 1.24 bits per heavy atom. The SMILES string of the molecule is COc1nccc2cc(-c3cccnc3)oc12. The minimum atomic E-state index is 0.498. The first kappa shape index (κ1) is 9.84. The average Bonchev–Trinajstić information content (AvgIpc) is 2.83. The topological polar surface area (TPSA) is 48.2 Å². The first-order valence-electron chi connectivity index (χ1n) is 5.21. The monoisotopic (exact) mass is 226 g/mol. The molecule has 3 heterocycles. The number of rotatable bonds is 2. The fourth-order valence-electron chi connectivity index (χ4n) is 1.74. The van der Waals surface area contributed by atoms with Crippen molar-refractivity contribution in [2.24, 2.45) is 0 Å². The van der Waals surface area contributed by atoms with Gasteiger partial charge in [0.15, 0.2) is 5.58 Å². The van der Waals surface area contributed by atoms with Crippen molar-refractivity contribution in [2.75, 3.05) is 7.11 Å². The van der Waals surface area contributed by atoms with E-state index in [-0.39, 0.29) is 0 Å². The summed E-state index contributed by atoms with van der Waals surface area (Å²) in [7, 11) is 1.58. The number of nitrogens with zero attached hydrogens (tertiary/aromatic N) is 2. The van der Waals surface area contributed by atoms with Crippen molar-refractivity contribution in [2.45, 2.75) is 0 Å². The third-order valence-corrected chi connectivity index (χ3v) is 2.54. The van der Waals surface area contributed by atoms with E-state index in [4.69, 9.17) is 9.15 Å². The second-order valence-corrected chi connectivity index (χ2v) is 3.59. The second-order valence-electron chi connectivity index (χ2n) is 3.59. The Bertz CT molecular complexity index is 647. The Hall–Kier alpha value is -2.36. The van der Waals surface area contributed by atoms with Crippen molar-refractivity contribution in [1.82, 2.24) is 9.97 Å². The molecule has 0 radical (unpaired) electrons. The van der Waals surface area contributed by atoms with Crippen molar-refractivity contribution in [3.05, 3.63) is 42.9 Å². The van der Waals surface area contributed by atoms with Crippen LogP contribution in [0.2, 0.25) is 0 Å². The Morgan fingerprint density at radius 3 is 2.94 bits per heavy atom. The molecule has 0 aliphatic heterocycles. The Morgan fingerprint density at radius 2 is 2.18 bits per heavy atom. The number of aromatic nitrogens is 2. The predicted octanol–water partition coefficient (Wildman–Crippen LogP) is 2.90. The number of pyridine rings is 2. The summed E-state index contributed by atoms with van der Waals surface area (Å²) < 4.78 is 10.9. The molecule has 0 N–H and O–H groups in total. The van der Waals surface area contributed by atoms with Gasteiger partial charge in [0.1, 0.15) is 5.76 Å². The zero-order chi connectivity index (χ0) is 11.7. The van der Waals surface area contributed by atoms with Crippen LogP contribution in [0.5, 0.6) is 5.88 Å². The third-order valence-electron chi connectivity index (χ3n) is 2.54. The highest BCUT2D eigenvalue weighted by molar-refractivity contribution is 5.85. The molecule has 0 atom stereocenters. The van der Waals surface area contributed by atoms with Crippen molar-refractivity contribution < 1.29 is 9.15 Å². The molecule has 3 aromatic rings. The molecule has 0 amide bonds. The molecule has 0 spiro atoms. The van der Waals surface area contributed by atoms with E-state index in [9.17, 15) is 0 Å². The molecule has 0 aliphatic carbocycles. The Labute approximate surface area is 97.9 Å². The minimum Gasteiger partial charge on any atom is -0.478 e. The van der Waals surface area contributed by atoms with E-state index in [1.54, 1.807) is 25.7 Å². The van der Waals surface area contributed by atoms with Crippen LogP contribution in [-0.4, -0.2) is 17.1 Å². The van der Waals surface area contributed by atoms with Crippen LogP contribution in [0, 0.1) is 0 Å². The van der Waals surface area contributed by atoms with E-state index in [1.807, 2.05) is 24.3 Å². The van der Waals surface area contributed by atoms with Gasteiger partial charge in [0.2, 0.25) is 0 Å². The van der Waals surface area contributed by atoms with Gasteiger partial charge in [-0.05, 0) is 24.3 Å². The van der Waals surface area contributed by atoms with Gasteiger partial charge in [0.05, 0.1) is 7.11 Å². The second kappa shape index (κ2) is 3.90. The van der Waals surface area contributed by atoms with Crippen LogP contribution in [0.25, 0.3) is 22.3 Å². The highest BCUT2D eigenvalue weighted by Crippen LogP contribution is 2.31. The zero-order valence-electron chi connectivity index (χ0n) is 9.25. The van der Waals surface area contributed by atoms with E-state index in [2.05, 4.69) is 9.97 Å². The van der Waals surface area contributed by atoms with E-state index in [0.717, 1.165) is 16.7 Å². The fraction of sp³-hybridized carbons (Fsp3) is 0.0769. The molecule has 0 fully saturated rings. The summed E-state index contributed by atoms with van der Waals surface area (Å²) in [5.74, 6) is 1.26. The van der Waals surface area contributed by atoms with E-state index < -0.39 is 0 Å². The quantitative estimate of drug-likeness (QED) is 0.674. The molecule has 0 aromatic carbocycles. The number of ether oxygens (including phenoxy) is 1. The molecule has 3 aromatic heterocycles. The lowest BCUT2D eigenvalue weighted by Crippen LogP contribution is -1.85. The van der Waals surface area contributed by atoms with Crippen molar-refractivity contribution in [3.63, 3.8) is 0 Å². The summed E-state index contributed by atoms with van der Waals surface area (Å²) in [6.07, 6.45) is 5.19. The Kier molecular flexibility index (Phi) is 2.26. The van der Waals surface area contributed by atoms with Crippen molar-refractivity contribution in [3.8, 4) is 17.2 Å². The lowest BCUT2D eigenvalue weighted by atomic mass is 10.2. The van der Waals surface area contributed by atoms with Gasteiger partial charge in [-0.3, -0.25) is 4.98 Å². The van der Waals surface area contributed by atoms with E-state index in [0.29, 0.717) is 11.5 Å². The molecule has 84 valence electrons. The summed E-state index contributed by atoms with van der Waals surface area (Å²) in [6.45, 7) is 0. The van der Waals surface area contributed by atoms with Crippen LogP contribution >= 0.6 is 0 Å². The summed E-state index contributed by atoms with van der Waals surface area (Å²) in [5.41, 5.74) is 1.60. The molecule has 4 nitrogen and oxygen atoms in total. The minimum absolute atomic E-state index is 0.498. The highest BCUT2D eigenvalue weighted by atomic mass is 16.5. The van der Waals surface area contributed by atoms with Crippen molar-refractivity contribution >= 4 is 11.0 Å². The largest absolute Gasteiger partial charge is 0.478 e. The molecule has 0 saturated heterocycles. The maximum atomic E-state index is 5.75. The highest BCUT2D eigenvalue weighted by Gasteiger charge is 2.10. The van der Waals surface area contributed by atoms with E-state index >= 15 is 0 Å². The van der Waals surface area contributed by atoms with Crippen LogP contribution in [0.3, 0.4) is 0 Å². The number of hydrogen-bond acceptors (Lipinski definition) is 4. The van der Waals surface area contributed by atoms with Crippen LogP contribution in [0.1, 0.15) is 0 Å². The van der Waals surface area contributed by atoms with Gasteiger partial charge >= 0.3 is 0 Å². The maximum Gasteiger partial charge on any atom is 0.258 e. The zero-order valence-corrected chi connectivity index (χ0v) is 9.25. The first-order chi connectivity index (χ1) is 8.38. The van der Waals surface area contributed by atoms with Crippen LogP contribution in [0.15, 0.2) is 47.3 Å². The molecule has 0 unspecified atom stereocenters. The van der Waals surface area contributed by atoms with Crippen LogP contribution in [-0.2, 0) is 0 Å². The van der Waals surface area contributed by atoms with Gasteiger partial charge in [0, 0.05) is 29.5 Å². The molecule has 0 saturated carbocycles.